The summed E-state index contributed by atoms with van der Waals surface area (Å²) in [6.07, 6.45) is 1.52. The number of ketones is 1. The second kappa shape index (κ2) is 7.95. The Morgan fingerprint density at radius 2 is 1.59 bits per heavy atom. The predicted octanol–water partition coefficient (Wildman–Crippen LogP) is 3.41. The Morgan fingerprint density at radius 3 is 2.15 bits per heavy atom. The van der Waals surface area contributed by atoms with Gasteiger partial charge in [-0.25, -0.2) is 9.48 Å². The van der Waals surface area contributed by atoms with Crippen LogP contribution in [0.2, 0.25) is 0 Å². The maximum Gasteiger partial charge on any atom is 0.361 e. The second-order valence-corrected chi connectivity index (χ2v) is 6.02. The van der Waals surface area contributed by atoms with Crippen molar-refractivity contribution in [3.63, 3.8) is 0 Å². The molecule has 0 saturated carbocycles. The summed E-state index contributed by atoms with van der Waals surface area (Å²) in [5.41, 5.74) is 3.33. The summed E-state index contributed by atoms with van der Waals surface area (Å²) >= 11 is 0. The van der Waals surface area contributed by atoms with Gasteiger partial charge >= 0.3 is 5.97 Å². The van der Waals surface area contributed by atoms with Crippen LogP contribution < -0.4 is 0 Å². The van der Waals surface area contributed by atoms with Crippen LogP contribution in [0.1, 0.15) is 51.5 Å². The van der Waals surface area contributed by atoms with Gasteiger partial charge in [-0.1, -0.05) is 67.6 Å². The van der Waals surface area contributed by atoms with Gasteiger partial charge in [0.1, 0.15) is 5.69 Å². The number of benzene rings is 2. The summed E-state index contributed by atoms with van der Waals surface area (Å²) in [7, 11) is 1.26. The van der Waals surface area contributed by atoms with E-state index in [4.69, 9.17) is 4.74 Å². The van der Waals surface area contributed by atoms with Crippen LogP contribution in [0.3, 0.4) is 0 Å². The van der Waals surface area contributed by atoms with Crippen molar-refractivity contribution in [2.45, 2.75) is 26.7 Å². The SMILES string of the molecule is CCc1cccc(CC)c1-n1nnc(C(=O)OC)c1C(=O)c1ccccc1. The normalized spacial score (nSPS) is 10.6. The fraction of sp³-hybridized carbons (Fsp3) is 0.238. The van der Waals surface area contributed by atoms with Gasteiger partial charge in [-0.05, 0) is 24.0 Å². The largest absolute Gasteiger partial charge is 0.464 e. The van der Waals surface area contributed by atoms with Crippen molar-refractivity contribution in [1.29, 1.82) is 0 Å². The molecule has 0 bridgehead atoms. The van der Waals surface area contributed by atoms with Gasteiger partial charge in [0.2, 0.25) is 11.5 Å². The fourth-order valence-corrected chi connectivity index (χ4v) is 3.09. The molecule has 0 fully saturated rings. The van der Waals surface area contributed by atoms with Gasteiger partial charge < -0.3 is 4.74 Å². The summed E-state index contributed by atoms with van der Waals surface area (Å²) in [6, 6.07) is 14.7. The minimum Gasteiger partial charge on any atom is -0.464 e. The third-order valence-corrected chi connectivity index (χ3v) is 4.48. The van der Waals surface area contributed by atoms with Crippen LogP contribution in [0.4, 0.5) is 0 Å². The number of esters is 1. The summed E-state index contributed by atoms with van der Waals surface area (Å²) in [4.78, 5) is 25.5. The number of hydrogen-bond acceptors (Lipinski definition) is 5. The van der Waals surface area contributed by atoms with Gasteiger partial charge in [0, 0.05) is 5.56 Å². The molecule has 0 radical (unpaired) electrons. The summed E-state index contributed by atoms with van der Waals surface area (Å²) in [5.74, 6) is -1.01. The zero-order valence-corrected chi connectivity index (χ0v) is 15.6. The zero-order valence-electron chi connectivity index (χ0n) is 15.6. The average Bonchev–Trinajstić information content (AvgIpc) is 3.17. The van der Waals surface area contributed by atoms with E-state index in [1.807, 2.05) is 38.1 Å². The van der Waals surface area contributed by atoms with E-state index in [9.17, 15) is 9.59 Å². The smallest absolute Gasteiger partial charge is 0.361 e. The van der Waals surface area contributed by atoms with Crippen LogP contribution in [-0.4, -0.2) is 33.9 Å². The van der Waals surface area contributed by atoms with Crippen molar-refractivity contribution in [3.8, 4) is 5.69 Å². The lowest BCUT2D eigenvalue weighted by atomic mass is 10.0. The topological polar surface area (TPSA) is 74.1 Å². The monoisotopic (exact) mass is 363 g/mol. The molecule has 3 rings (SSSR count). The minimum absolute atomic E-state index is 0.0840. The zero-order chi connectivity index (χ0) is 19.4. The highest BCUT2D eigenvalue weighted by Gasteiger charge is 2.29. The number of methoxy groups -OCH3 is 1. The molecule has 27 heavy (non-hydrogen) atoms. The first-order chi connectivity index (χ1) is 13.1. The molecule has 138 valence electrons. The molecule has 0 aliphatic heterocycles. The summed E-state index contributed by atoms with van der Waals surface area (Å²) in [6.45, 7) is 4.07. The Kier molecular flexibility index (Phi) is 5.45. The number of rotatable bonds is 6. The molecule has 6 nitrogen and oxygen atoms in total. The third-order valence-electron chi connectivity index (χ3n) is 4.48. The standard InChI is InChI=1S/C21H21N3O3/c1-4-14-12-9-13-15(5-2)18(14)24-19(17(22-23-24)21(26)27-3)20(25)16-10-7-6-8-11-16/h6-13H,4-5H2,1-3H3. The van der Waals surface area contributed by atoms with E-state index in [1.54, 1.807) is 24.3 Å². The number of hydrogen-bond donors (Lipinski definition) is 0. The van der Waals surface area contributed by atoms with Crippen LogP contribution in [0.25, 0.3) is 5.69 Å². The molecule has 0 saturated heterocycles. The van der Waals surface area contributed by atoms with Gasteiger partial charge in [0.15, 0.2) is 0 Å². The van der Waals surface area contributed by atoms with Gasteiger partial charge in [0.05, 0.1) is 12.8 Å². The van der Waals surface area contributed by atoms with Crippen molar-refractivity contribution in [3.05, 3.63) is 76.6 Å². The van der Waals surface area contributed by atoms with Gasteiger partial charge in [-0.3, -0.25) is 4.79 Å². The number of para-hydroxylation sites is 1. The molecular weight excluding hydrogens is 342 g/mol. The average molecular weight is 363 g/mol. The van der Waals surface area contributed by atoms with E-state index < -0.39 is 5.97 Å². The Bertz CT molecular complexity index is 955. The van der Waals surface area contributed by atoms with E-state index in [2.05, 4.69) is 10.3 Å². The molecule has 2 aromatic carbocycles. The van der Waals surface area contributed by atoms with E-state index in [-0.39, 0.29) is 17.2 Å². The predicted molar refractivity (Wildman–Crippen MR) is 101 cm³/mol. The number of nitrogens with zero attached hydrogens (tertiary/aromatic N) is 3. The molecular formula is C21H21N3O3. The lowest BCUT2D eigenvalue weighted by Crippen LogP contribution is -2.17. The maximum absolute atomic E-state index is 13.2. The highest BCUT2D eigenvalue weighted by molar-refractivity contribution is 6.13. The Morgan fingerprint density at radius 1 is 0.963 bits per heavy atom. The van der Waals surface area contributed by atoms with Crippen LogP contribution in [0.15, 0.2) is 48.5 Å². The van der Waals surface area contributed by atoms with Crippen LogP contribution >= 0.6 is 0 Å². The van der Waals surface area contributed by atoms with E-state index in [0.717, 1.165) is 29.7 Å². The van der Waals surface area contributed by atoms with Crippen molar-refractivity contribution < 1.29 is 14.3 Å². The van der Waals surface area contributed by atoms with Gasteiger partial charge in [-0.15, -0.1) is 5.10 Å². The maximum atomic E-state index is 13.2. The van der Waals surface area contributed by atoms with Gasteiger partial charge in [0.25, 0.3) is 0 Å². The summed E-state index contributed by atoms with van der Waals surface area (Å²) in [5, 5.41) is 8.14. The second-order valence-electron chi connectivity index (χ2n) is 6.02. The molecule has 6 heteroatoms. The Hall–Kier alpha value is -3.28. The first-order valence-electron chi connectivity index (χ1n) is 8.87. The van der Waals surface area contributed by atoms with Crippen LogP contribution in [0.5, 0.6) is 0 Å². The molecule has 1 heterocycles. The lowest BCUT2D eigenvalue weighted by Gasteiger charge is -2.15. The molecule has 0 spiro atoms. The van der Waals surface area contributed by atoms with Crippen molar-refractivity contribution in [1.82, 2.24) is 15.0 Å². The highest BCUT2D eigenvalue weighted by atomic mass is 16.5. The summed E-state index contributed by atoms with van der Waals surface area (Å²) < 4.78 is 6.30. The van der Waals surface area contributed by atoms with Crippen LogP contribution in [0, 0.1) is 0 Å². The molecule has 3 aromatic rings. The van der Waals surface area contributed by atoms with Gasteiger partial charge in [-0.2, -0.15) is 0 Å². The number of aromatic nitrogens is 3. The Labute approximate surface area is 157 Å². The van der Waals surface area contributed by atoms with Crippen molar-refractivity contribution in [2.24, 2.45) is 0 Å². The number of carbonyl (C=O) groups is 2. The van der Waals surface area contributed by atoms with E-state index in [1.165, 1.54) is 11.8 Å². The van der Waals surface area contributed by atoms with E-state index >= 15 is 0 Å². The number of carbonyl (C=O) groups excluding carboxylic acids is 2. The van der Waals surface area contributed by atoms with Crippen LogP contribution in [-0.2, 0) is 17.6 Å². The third kappa shape index (κ3) is 3.38. The van der Waals surface area contributed by atoms with Crippen molar-refractivity contribution in [2.75, 3.05) is 7.11 Å². The molecule has 0 aliphatic rings. The highest BCUT2D eigenvalue weighted by Crippen LogP contribution is 2.25. The Balaban J connectivity index is 2.29. The lowest BCUT2D eigenvalue weighted by molar-refractivity contribution is 0.0590. The van der Waals surface area contributed by atoms with E-state index in [0.29, 0.717) is 5.56 Å². The molecule has 0 aliphatic carbocycles. The molecule has 0 amide bonds. The number of ether oxygens (including phenoxy) is 1. The molecule has 0 atom stereocenters. The first kappa shape index (κ1) is 18.5. The number of aryl methyl sites for hydroxylation is 2. The quantitative estimate of drug-likeness (QED) is 0.496. The fourth-order valence-electron chi connectivity index (χ4n) is 3.09. The molecule has 0 N–H and O–H groups in total. The molecule has 1 aromatic heterocycles. The minimum atomic E-state index is -0.687. The molecule has 0 unspecified atom stereocenters. The first-order valence-corrected chi connectivity index (χ1v) is 8.87. The van der Waals surface area contributed by atoms with Crippen molar-refractivity contribution >= 4 is 11.8 Å².